The zero-order valence-corrected chi connectivity index (χ0v) is 12.0. The molecule has 0 saturated heterocycles. The first-order valence-electron chi connectivity index (χ1n) is 6.98. The van der Waals surface area contributed by atoms with Gasteiger partial charge in [-0.25, -0.2) is 0 Å². The van der Waals surface area contributed by atoms with Gasteiger partial charge in [-0.15, -0.1) is 0 Å². The molecule has 2 N–H and O–H groups in total. The Hall–Kier alpha value is -2.33. The predicted octanol–water partition coefficient (Wildman–Crippen LogP) is 3.15. The first kappa shape index (κ1) is 15.1. The monoisotopic (exact) mass is 285 g/mol. The number of aliphatic hydroxyl groups excluding tert-OH is 1. The molecular weight excluding hydrogens is 266 g/mol. The summed E-state index contributed by atoms with van der Waals surface area (Å²) in [5.41, 5.74) is 1.12. The van der Waals surface area contributed by atoms with Gasteiger partial charge in [0.2, 0.25) is 0 Å². The third kappa shape index (κ3) is 4.07. The van der Waals surface area contributed by atoms with E-state index in [2.05, 4.69) is 5.32 Å². The predicted molar refractivity (Wildman–Crippen MR) is 82.3 cm³/mol. The van der Waals surface area contributed by atoms with Crippen molar-refractivity contribution in [3.8, 4) is 5.75 Å². The van der Waals surface area contributed by atoms with Crippen LogP contribution in [0.4, 0.5) is 5.69 Å². The van der Waals surface area contributed by atoms with Crippen LogP contribution in [0, 0.1) is 0 Å². The van der Waals surface area contributed by atoms with Crippen LogP contribution in [-0.4, -0.2) is 17.6 Å². The lowest BCUT2D eigenvalue weighted by Crippen LogP contribution is -2.21. The van der Waals surface area contributed by atoms with Gasteiger partial charge in [-0.2, -0.15) is 0 Å². The average Bonchev–Trinajstić information content (AvgIpc) is 2.54. The Labute approximate surface area is 124 Å². The third-order valence-corrected chi connectivity index (χ3v) is 2.97. The molecule has 0 radical (unpaired) electrons. The summed E-state index contributed by atoms with van der Waals surface area (Å²) in [5.74, 6) is 0.127. The van der Waals surface area contributed by atoms with Crippen LogP contribution in [0.5, 0.6) is 5.75 Å². The number of anilines is 1. The second-order valence-corrected chi connectivity index (χ2v) is 4.65. The summed E-state index contributed by atoms with van der Waals surface area (Å²) in [7, 11) is 0. The lowest BCUT2D eigenvalue weighted by atomic mass is 10.1. The Balaban J connectivity index is 2.09. The van der Waals surface area contributed by atoms with Crippen molar-refractivity contribution in [2.24, 2.45) is 0 Å². The molecule has 1 atom stereocenters. The molecule has 0 bridgehead atoms. The van der Waals surface area contributed by atoms with Crippen LogP contribution >= 0.6 is 0 Å². The summed E-state index contributed by atoms with van der Waals surface area (Å²) in [4.78, 5) is 12.1. The molecule has 110 valence electrons. The van der Waals surface area contributed by atoms with Crippen LogP contribution in [0.2, 0.25) is 0 Å². The van der Waals surface area contributed by atoms with Gasteiger partial charge in [0.05, 0.1) is 12.3 Å². The van der Waals surface area contributed by atoms with Crippen molar-refractivity contribution in [2.75, 3.05) is 11.9 Å². The lowest BCUT2D eigenvalue weighted by molar-refractivity contribution is -0.124. The van der Waals surface area contributed by atoms with Gasteiger partial charge in [-0.1, -0.05) is 49.4 Å². The van der Waals surface area contributed by atoms with E-state index < -0.39 is 12.0 Å². The maximum atomic E-state index is 12.1. The van der Waals surface area contributed by atoms with Gasteiger partial charge in [-0.05, 0) is 24.1 Å². The fourth-order valence-electron chi connectivity index (χ4n) is 1.90. The molecule has 1 amide bonds. The van der Waals surface area contributed by atoms with Crippen molar-refractivity contribution >= 4 is 11.6 Å². The highest BCUT2D eigenvalue weighted by Gasteiger charge is 2.18. The van der Waals surface area contributed by atoms with E-state index in [-0.39, 0.29) is 0 Å². The second-order valence-electron chi connectivity index (χ2n) is 4.65. The number of aliphatic hydroxyl groups is 1. The lowest BCUT2D eigenvalue weighted by Gasteiger charge is -2.14. The molecule has 0 heterocycles. The van der Waals surface area contributed by atoms with E-state index in [1.54, 1.807) is 36.4 Å². The quantitative estimate of drug-likeness (QED) is 0.857. The van der Waals surface area contributed by atoms with E-state index in [0.717, 1.165) is 6.42 Å². The molecule has 0 aromatic heterocycles. The Morgan fingerprint density at radius 2 is 1.81 bits per heavy atom. The molecule has 1 unspecified atom stereocenters. The van der Waals surface area contributed by atoms with Crippen molar-refractivity contribution < 1.29 is 14.6 Å². The average molecular weight is 285 g/mol. The van der Waals surface area contributed by atoms with E-state index in [0.29, 0.717) is 23.6 Å². The summed E-state index contributed by atoms with van der Waals surface area (Å²) in [6.07, 6.45) is -0.319. The molecule has 0 aliphatic rings. The number of rotatable bonds is 6. The molecule has 21 heavy (non-hydrogen) atoms. The van der Waals surface area contributed by atoms with Crippen LogP contribution < -0.4 is 10.1 Å². The SMILES string of the molecule is CCCOc1ccccc1NC(=O)C(O)c1ccccc1. The maximum absolute atomic E-state index is 12.1. The van der Waals surface area contributed by atoms with Crippen molar-refractivity contribution in [2.45, 2.75) is 19.4 Å². The molecule has 4 heteroatoms. The van der Waals surface area contributed by atoms with E-state index in [1.165, 1.54) is 0 Å². The molecule has 0 aliphatic carbocycles. The first-order valence-corrected chi connectivity index (χ1v) is 6.98. The van der Waals surface area contributed by atoms with Crippen molar-refractivity contribution in [1.29, 1.82) is 0 Å². The molecule has 0 spiro atoms. The largest absolute Gasteiger partial charge is 0.491 e. The third-order valence-electron chi connectivity index (χ3n) is 2.97. The molecule has 2 aromatic rings. The highest BCUT2D eigenvalue weighted by atomic mass is 16.5. The van der Waals surface area contributed by atoms with Crippen LogP contribution in [0.3, 0.4) is 0 Å². The Kier molecular flexibility index (Phi) is 5.35. The Morgan fingerprint density at radius 1 is 1.14 bits per heavy atom. The van der Waals surface area contributed by atoms with E-state index in [1.807, 2.05) is 25.1 Å². The second kappa shape index (κ2) is 7.45. The Morgan fingerprint density at radius 3 is 2.52 bits per heavy atom. The highest BCUT2D eigenvalue weighted by molar-refractivity contribution is 5.95. The summed E-state index contributed by atoms with van der Waals surface area (Å²) < 4.78 is 5.58. The van der Waals surface area contributed by atoms with Gasteiger partial charge >= 0.3 is 0 Å². The van der Waals surface area contributed by atoms with Crippen LogP contribution in [-0.2, 0) is 4.79 Å². The normalized spacial score (nSPS) is 11.7. The number of hydrogen-bond acceptors (Lipinski definition) is 3. The molecule has 2 rings (SSSR count). The fourth-order valence-corrected chi connectivity index (χ4v) is 1.90. The van der Waals surface area contributed by atoms with Gasteiger partial charge in [0.15, 0.2) is 6.10 Å². The Bertz CT molecular complexity index is 584. The first-order chi connectivity index (χ1) is 10.2. The van der Waals surface area contributed by atoms with E-state index in [9.17, 15) is 9.90 Å². The summed E-state index contributed by atoms with van der Waals surface area (Å²) in [6, 6.07) is 16.0. The molecule has 2 aromatic carbocycles. The standard InChI is InChI=1S/C17H19NO3/c1-2-12-21-15-11-7-6-10-14(15)18-17(20)16(19)13-8-4-3-5-9-13/h3-11,16,19H,2,12H2,1H3,(H,18,20). The van der Waals surface area contributed by atoms with Gasteiger partial charge in [0.1, 0.15) is 5.75 Å². The zero-order valence-electron chi connectivity index (χ0n) is 12.0. The van der Waals surface area contributed by atoms with Crippen molar-refractivity contribution in [1.82, 2.24) is 0 Å². The molecule has 0 saturated carbocycles. The van der Waals surface area contributed by atoms with E-state index >= 15 is 0 Å². The van der Waals surface area contributed by atoms with Crippen LogP contribution in [0.1, 0.15) is 25.0 Å². The summed E-state index contributed by atoms with van der Waals surface area (Å²) >= 11 is 0. The van der Waals surface area contributed by atoms with Crippen LogP contribution in [0.25, 0.3) is 0 Å². The summed E-state index contributed by atoms with van der Waals surface area (Å²) in [5, 5.41) is 12.8. The number of hydrogen-bond donors (Lipinski definition) is 2. The fraction of sp³-hybridized carbons (Fsp3) is 0.235. The highest BCUT2D eigenvalue weighted by Crippen LogP contribution is 2.25. The van der Waals surface area contributed by atoms with Gasteiger partial charge in [0.25, 0.3) is 5.91 Å². The van der Waals surface area contributed by atoms with Crippen molar-refractivity contribution in [3.63, 3.8) is 0 Å². The van der Waals surface area contributed by atoms with E-state index in [4.69, 9.17) is 4.74 Å². The molecule has 0 fully saturated rings. The van der Waals surface area contributed by atoms with Gasteiger partial charge < -0.3 is 15.2 Å². The number of amides is 1. The molecule has 0 aliphatic heterocycles. The summed E-state index contributed by atoms with van der Waals surface area (Å²) in [6.45, 7) is 2.59. The maximum Gasteiger partial charge on any atom is 0.257 e. The number of carbonyl (C=O) groups is 1. The zero-order chi connectivity index (χ0) is 15.1. The number of benzene rings is 2. The van der Waals surface area contributed by atoms with Crippen LogP contribution in [0.15, 0.2) is 54.6 Å². The molecular formula is C17H19NO3. The number of para-hydroxylation sites is 2. The smallest absolute Gasteiger partial charge is 0.257 e. The van der Waals surface area contributed by atoms with Gasteiger partial charge in [0, 0.05) is 0 Å². The molecule has 4 nitrogen and oxygen atoms in total. The minimum atomic E-state index is -1.20. The van der Waals surface area contributed by atoms with Gasteiger partial charge in [-0.3, -0.25) is 4.79 Å². The number of nitrogens with one attached hydrogen (secondary N) is 1. The topological polar surface area (TPSA) is 58.6 Å². The van der Waals surface area contributed by atoms with Crippen molar-refractivity contribution in [3.05, 3.63) is 60.2 Å². The number of carbonyl (C=O) groups excluding carboxylic acids is 1. The number of ether oxygens (including phenoxy) is 1. The minimum Gasteiger partial charge on any atom is -0.491 e. The minimum absolute atomic E-state index is 0.478.